The molecule has 10 heteroatoms. The minimum Gasteiger partial charge on any atom is -0.477 e. The molecule has 1 amide bonds. The lowest BCUT2D eigenvalue weighted by molar-refractivity contribution is -0.170. The number of carbonyl (C=O) groups excluding carboxylic acids is 1. The number of hydrogen-bond donors (Lipinski definition) is 1. The van der Waals surface area contributed by atoms with Crippen LogP contribution in [0.5, 0.6) is 0 Å². The van der Waals surface area contributed by atoms with Gasteiger partial charge in [0, 0.05) is 0 Å². The molecule has 5 nitrogen and oxygen atoms in total. The summed E-state index contributed by atoms with van der Waals surface area (Å²) < 4.78 is 51.4. The van der Waals surface area contributed by atoms with Gasteiger partial charge in [0.2, 0.25) is 0 Å². The third-order valence-electron chi connectivity index (χ3n) is 2.95. The highest BCUT2D eigenvalue weighted by Crippen LogP contribution is 2.31. The van der Waals surface area contributed by atoms with Gasteiger partial charge in [0.15, 0.2) is 5.13 Å². The van der Waals surface area contributed by atoms with Crippen LogP contribution < -0.4 is 4.90 Å². The van der Waals surface area contributed by atoms with Crippen LogP contribution in [0.2, 0.25) is 0 Å². The largest absolute Gasteiger partial charge is 0.477 e. The second-order valence-corrected chi connectivity index (χ2v) is 5.71. The number of carboxylic acids is 1. The van der Waals surface area contributed by atoms with E-state index in [0.29, 0.717) is 16.2 Å². The van der Waals surface area contributed by atoms with E-state index in [1.165, 1.54) is 19.1 Å². The van der Waals surface area contributed by atoms with E-state index < -0.39 is 35.5 Å². The van der Waals surface area contributed by atoms with E-state index in [4.69, 9.17) is 5.11 Å². The van der Waals surface area contributed by atoms with E-state index in [1.807, 2.05) is 0 Å². The molecule has 0 aliphatic rings. The van der Waals surface area contributed by atoms with Crippen molar-refractivity contribution in [3.05, 3.63) is 46.2 Å². The Morgan fingerprint density at radius 3 is 2.29 bits per heavy atom. The Morgan fingerprint density at radius 1 is 1.25 bits per heavy atom. The minimum absolute atomic E-state index is 0.00146. The van der Waals surface area contributed by atoms with Crippen LogP contribution in [0.3, 0.4) is 0 Å². The molecule has 2 rings (SSSR count). The zero-order chi connectivity index (χ0) is 18.1. The first-order valence-corrected chi connectivity index (χ1v) is 7.25. The number of aromatic nitrogens is 1. The van der Waals surface area contributed by atoms with Crippen LogP contribution in [0.1, 0.15) is 20.9 Å². The van der Waals surface area contributed by atoms with Gasteiger partial charge in [-0.15, -0.1) is 0 Å². The number of aryl methyl sites for hydroxylation is 1. The summed E-state index contributed by atoms with van der Waals surface area (Å²) in [6.45, 7) is 0.794. The Bertz CT molecular complexity index is 771. The number of hydrogen-bond acceptors (Lipinski definition) is 4. The van der Waals surface area contributed by atoms with Crippen LogP contribution in [0.25, 0.3) is 0 Å². The quantitative estimate of drug-likeness (QED) is 0.847. The summed E-state index contributed by atoms with van der Waals surface area (Å²) in [6.07, 6.45) is -5.16. The first-order valence-electron chi connectivity index (χ1n) is 6.43. The Labute approximate surface area is 137 Å². The van der Waals surface area contributed by atoms with Crippen molar-refractivity contribution in [2.75, 3.05) is 4.90 Å². The molecule has 1 heterocycles. The molecule has 0 bridgehead atoms. The smallest absolute Gasteiger partial charge is 0.471 e. The molecule has 0 spiro atoms. The number of anilines is 1. The summed E-state index contributed by atoms with van der Waals surface area (Å²) in [4.78, 5) is 26.5. The van der Waals surface area contributed by atoms with Crippen molar-refractivity contribution in [3.63, 3.8) is 0 Å². The Balaban J connectivity index is 2.43. The maximum atomic E-state index is 12.9. The Hall–Kier alpha value is -2.49. The van der Waals surface area contributed by atoms with Crippen LogP contribution in [-0.2, 0) is 11.3 Å². The predicted molar refractivity (Wildman–Crippen MR) is 77.5 cm³/mol. The van der Waals surface area contributed by atoms with E-state index >= 15 is 0 Å². The van der Waals surface area contributed by atoms with Gasteiger partial charge >= 0.3 is 18.1 Å². The highest BCUT2D eigenvalue weighted by molar-refractivity contribution is 7.17. The van der Waals surface area contributed by atoms with Crippen molar-refractivity contribution in [3.8, 4) is 0 Å². The highest BCUT2D eigenvalue weighted by Gasteiger charge is 2.44. The molecule has 0 radical (unpaired) electrons. The third-order valence-corrected chi connectivity index (χ3v) is 4.12. The van der Waals surface area contributed by atoms with Crippen molar-refractivity contribution in [2.24, 2.45) is 0 Å². The molecule has 0 unspecified atom stereocenters. The summed E-state index contributed by atoms with van der Waals surface area (Å²) in [6, 6.07) is 4.54. The lowest BCUT2D eigenvalue weighted by atomic mass is 10.2. The van der Waals surface area contributed by atoms with Crippen LogP contribution in [0.4, 0.5) is 22.7 Å². The number of rotatable bonds is 4. The standard InChI is InChI=1S/C14H10F4N2O3S/c1-7-10(11(21)22)24-13(19-7)20(12(23)14(16,17)18)6-8-2-4-9(15)5-3-8/h2-5H,6H2,1H3,(H,21,22). The topological polar surface area (TPSA) is 70.5 Å². The van der Waals surface area contributed by atoms with E-state index in [-0.39, 0.29) is 16.1 Å². The molecule has 24 heavy (non-hydrogen) atoms. The molecule has 0 atom stereocenters. The van der Waals surface area contributed by atoms with Gasteiger partial charge < -0.3 is 5.11 Å². The van der Waals surface area contributed by atoms with Gasteiger partial charge in [0.25, 0.3) is 0 Å². The summed E-state index contributed by atoms with van der Waals surface area (Å²) in [5, 5.41) is 8.59. The average molecular weight is 362 g/mol. The molecule has 1 aromatic heterocycles. The molecule has 0 aliphatic carbocycles. The lowest BCUT2D eigenvalue weighted by Crippen LogP contribution is -2.40. The van der Waals surface area contributed by atoms with Crippen molar-refractivity contribution in [1.82, 2.24) is 4.98 Å². The Kier molecular flexibility index (Phi) is 4.88. The molecular weight excluding hydrogens is 352 g/mol. The normalized spacial score (nSPS) is 11.4. The van der Waals surface area contributed by atoms with Crippen molar-refractivity contribution < 1.29 is 32.3 Å². The van der Waals surface area contributed by atoms with Gasteiger partial charge in [-0.2, -0.15) is 13.2 Å². The summed E-state index contributed by atoms with van der Waals surface area (Å²) in [5.41, 5.74) is 0.236. The monoisotopic (exact) mass is 362 g/mol. The molecule has 1 aromatic carbocycles. The lowest BCUT2D eigenvalue weighted by Gasteiger charge is -2.21. The van der Waals surface area contributed by atoms with Gasteiger partial charge in [0.1, 0.15) is 10.7 Å². The number of halogens is 4. The SMILES string of the molecule is Cc1nc(N(Cc2ccc(F)cc2)C(=O)C(F)(F)F)sc1C(=O)O. The zero-order valence-electron chi connectivity index (χ0n) is 12.1. The second kappa shape index (κ2) is 6.56. The number of carbonyl (C=O) groups is 2. The van der Waals surface area contributed by atoms with Crippen molar-refractivity contribution >= 4 is 28.3 Å². The van der Waals surface area contributed by atoms with Crippen LogP contribution in [0, 0.1) is 12.7 Å². The second-order valence-electron chi connectivity index (χ2n) is 4.73. The van der Waals surface area contributed by atoms with Gasteiger partial charge in [-0.1, -0.05) is 23.5 Å². The molecule has 128 valence electrons. The number of nitrogens with zero attached hydrogens (tertiary/aromatic N) is 2. The van der Waals surface area contributed by atoms with E-state index in [1.54, 1.807) is 0 Å². The summed E-state index contributed by atoms with van der Waals surface area (Å²) in [5.74, 6) is -4.11. The highest BCUT2D eigenvalue weighted by atomic mass is 32.1. The number of alkyl halides is 3. The van der Waals surface area contributed by atoms with Gasteiger partial charge in [-0.3, -0.25) is 9.69 Å². The maximum absolute atomic E-state index is 12.9. The van der Waals surface area contributed by atoms with E-state index in [9.17, 15) is 27.2 Å². The van der Waals surface area contributed by atoms with Crippen molar-refractivity contribution in [1.29, 1.82) is 0 Å². The number of aromatic carboxylic acids is 1. The summed E-state index contributed by atoms with van der Waals surface area (Å²) >= 11 is 0.463. The average Bonchev–Trinajstić information content (AvgIpc) is 2.87. The number of carboxylic acid groups (broad SMARTS) is 1. The third kappa shape index (κ3) is 3.88. The number of thiazole rings is 1. The minimum atomic E-state index is -5.16. The van der Waals surface area contributed by atoms with Gasteiger partial charge in [0.05, 0.1) is 12.2 Å². The predicted octanol–water partition coefficient (Wildman–Crippen LogP) is 3.38. The zero-order valence-corrected chi connectivity index (χ0v) is 12.9. The maximum Gasteiger partial charge on any atom is 0.471 e. The molecule has 0 fully saturated rings. The molecule has 0 saturated heterocycles. The summed E-state index contributed by atoms with van der Waals surface area (Å²) in [7, 11) is 0. The number of benzene rings is 1. The van der Waals surface area contributed by atoms with Crippen LogP contribution in [0.15, 0.2) is 24.3 Å². The van der Waals surface area contributed by atoms with Gasteiger partial charge in [-0.05, 0) is 24.6 Å². The molecule has 0 aliphatic heterocycles. The molecule has 0 saturated carbocycles. The molecule has 2 aromatic rings. The van der Waals surface area contributed by atoms with E-state index in [2.05, 4.69) is 4.98 Å². The molecular formula is C14H10F4N2O3S. The fourth-order valence-corrected chi connectivity index (χ4v) is 2.75. The van der Waals surface area contributed by atoms with Crippen LogP contribution in [-0.4, -0.2) is 28.1 Å². The first-order chi connectivity index (χ1) is 11.1. The Morgan fingerprint density at radius 2 is 1.83 bits per heavy atom. The van der Waals surface area contributed by atoms with Crippen LogP contribution >= 0.6 is 11.3 Å². The molecule has 1 N–H and O–H groups in total. The van der Waals surface area contributed by atoms with E-state index in [0.717, 1.165) is 12.1 Å². The fraction of sp³-hybridized carbons (Fsp3) is 0.214. The van der Waals surface area contributed by atoms with Crippen molar-refractivity contribution in [2.45, 2.75) is 19.6 Å². The number of amides is 1. The fourth-order valence-electron chi connectivity index (χ4n) is 1.85. The van der Waals surface area contributed by atoms with Gasteiger partial charge in [-0.25, -0.2) is 14.2 Å². The first kappa shape index (κ1) is 17.9.